The summed E-state index contributed by atoms with van der Waals surface area (Å²) in [5.41, 5.74) is 1.86. The summed E-state index contributed by atoms with van der Waals surface area (Å²) in [6, 6.07) is 10.5. The summed E-state index contributed by atoms with van der Waals surface area (Å²) in [6.07, 6.45) is 0.900. The maximum atomic E-state index is 11.9. The van der Waals surface area contributed by atoms with Crippen molar-refractivity contribution in [2.45, 2.75) is 13.3 Å². The van der Waals surface area contributed by atoms with Crippen LogP contribution in [0.15, 0.2) is 36.4 Å². The predicted octanol–water partition coefficient (Wildman–Crippen LogP) is 2.15. The van der Waals surface area contributed by atoms with Gasteiger partial charge in [0, 0.05) is 25.7 Å². The Kier molecular flexibility index (Phi) is 5.51. The molecule has 0 unspecified atom stereocenters. The number of aromatic nitrogens is 2. The predicted molar refractivity (Wildman–Crippen MR) is 89.5 cm³/mol. The first-order valence-corrected chi connectivity index (χ1v) is 8.63. The second kappa shape index (κ2) is 7.38. The van der Waals surface area contributed by atoms with Crippen LogP contribution in [0.4, 0.5) is 5.69 Å². The summed E-state index contributed by atoms with van der Waals surface area (Å²) in [6.45, 7) is 2.61. The Morgan fingerprint density at radius 2 is 1.96 bits per heavy atom. The Morgan fingerprint density at radius 1 is 1.17 bits per heavy atom. The highest BCUT2D eigenvalue weighted by molar-refractivity contribution is 7.90. The molecule has 2 aromatic rings. The second-order valence-electron chi connectivity index (χ2n) is 5.08. The maximum Gasteiger partial charge on any atom is 0.301 e. The van der Waals surface area contributed by atoms with E-state index >= 15 is 0 Å². The van der Waals surface area contributed by atoms with E-state index in [0.717, 1.165) is 16.3 Å². The third-order valence-corrected chi connectivity index (χ3v) is 4.44. The molecule has 0 atom stereocenters. The van der Waals surface area contributed by atoms with Gasteiger partial charge in [0.2, 0.25) is 5.88 Å². The van der Waals surface area contributed by atoms with Crippen LogP contribution >= 0.6 is 0 Å². The summed E-state index contributed by atoms with van der Waals surface area (Å²) in [5.74, 6) is 0.472. The van der Waals surface area contributed by atoms with E-state index < -0.39 is 10.2 Å². The van der Waals surface area contributed by atoms with Gasteiger partial charge in [0.1, 0.15) is 0 Å². The lowest BCUT2D eigenvalue weighted by Gasteiger charge is -2.13. The molecule has 2 rings (SSSR count). The molecule has 0 spiro atoms. The van der Waals surface area contributed by atoms with Gasteiger partial charge in [-0.25, -0.2) is 0 Å². The second-order valence-corrected chi connectivity index (χ2v) is 6.96. The highest BCUT2D eigenvalue weighted by atomic mass is 32.2. The van der Waals surface area contributed by atoms with Crippen LogP contribution in [0.5, 0.6) is 5.88 Å². The molecule has 7 nitrogen and oxygen atoms in total. The fourth-order valence-electron chi connectivity index (χ4n) is 1.74. The highest BCUT2D eigenvalue weighted by Crippen LogP contribution is 2.22. The van der Waals surface area contributed by atoms with Crippen LogP contribution in [0.25, 0.3) is 11.3 Å². The van der Waals surface area contributed by atoms with Crippen molar-refractivity contribution < 1.29 is 13.2 Å². The first-order valence-electron chi connectivity index (χ1n) is 7.19. The number of hydrogen-bond donors (Lipinski definition) is 1. The Morgan fingerprint density at radius 3 is 2.57 bits per heavy atom. The molecule has 8 heteroatoms. The molecule has 1 heterocycles. The number of ether oxygens (including phenoxy) is 1. The molecule has 0 amide bonds. The van der Waals surface area contributed by atoms with Gasteiger partial charge in [0.05, 0.1) is 18.0 Å². The zero-order valence-electron chi connectivity index (χ0n) is 13.4. The Balaban J connectivity index is 2.19. The molecular formula is C15H20N4O3S. The van der Waals surface area contributed by atoms with Gasteiger partial charge >= 0.3 is 10.2 Å². The summed E-state index contributed by atoms with van der Waals surface area (Å²) in [4.78, 5) is 0. The van der Waals surface area contributed by atoms with E-state index in [1.807, 2.05) is 13.0 Å². The SMILES string of the molecule is CCCOc1ccc(-c2cccc(NS(=O)(=O)N(C)C)c2)nn1. The van der Waals surface area contributed by atoms with Gasteiger partial charge in [0.15, 0.2) is 0 Å². The zero-order chi connectivity index (χ0) is 16.9. The summed E-state index contributed by atoms with van der Waals surface area (Å²) >= 11 is 0. The normalized spacial score (nSPS) is 11.5. The topological polar surface area (TPSA) is 84.4 Å². The van der Waals surface area contributed by atoms with Gasteiger partial charge < -0.3 is 4.74 Å². The first kappa shape index (κ1) is 17.2. The average Bonchev–Trinajstić information content (AvgIpc) is 2.53. The maximum absolute atomic E-state index is 11.9. The van der Waals surface area contributed by atoms with Gasteiger partial charge in [-0.15, -0.1) is 10.2 Å². The van der Waals surface area contributed by atoms with Crippen LogP contribution in [0.2, 0.25) is 0 Å². The van der Waals surface area contributed by atoms with Crippen LogP contribution in [-0.4, -0.2) is 43.6 Å². The van der Waals surface area contributed by atoms with Gasteiger partial charge in [-0.1, -0.05) is 19.1 Å². The van der Waals surface area contributed by atoms with Crippen LogP contribution < -0.4 is 9.46 Å². The number of anilines is 1. The lowest BCUT2D eigenvalue weighted by molar-refractivity contribution is 0.302. The van der Waals surface area contributed by atoms with Crippen molar-refractivity contribution in [3.05, 3.63) is 36.4 Å². The highest BCUT2D eigenvalue weighted by Gasteiger charge is 2.13. The third-order valence-electron chi connectivity index (χ3n) is 2.98. The average molecular weight is 336 g/mol. The van der Waals surface area contributed by atoms with E-state index in [1.165, 1.54) is 14.1 Å². The van der Waals surface area contributed by atoms with Crippen LogP contribution in [0.1, 0.15) is 13.3 Å². The third kappa shape index (κ3) is 4.64. The lowest BCUT2D eigenvalue weighted by Crippen LogP contribution is -2.28. The Bertz CT molecular complexity index is 746. The van der Waals surface area contributed by atoms with Gasteiger partial charge in [0.25, 0.3) is 0 Å². The smallest absolute Gasteiger partial charge is 0.301 e. The Hall–Kier alpha value is -2.19. The minimum atomic E-state index is -3.54. The zero-order valence-corrected chi connectivity index (χ0v) is 14.2. The molecule has 1 N–H and O–H groups in total. The quantitative estimate of drug-likeness (QED) is 0.837. The molecule has 0 saturated heterocycles. The van der Waals surface area contributed by atoms with E-state index in [2.05, 4.69) is 14.9 Å². The van der Waals surface area contributed by atoms with Crippen LogP contribution in [0, 0.1) is 0 Å². The molecule has 124 valence electrons. The largest absolute Gasteiger partial charge is 0.477 e. The minimum Gasteiger partial charge on any atom is -0.477 e. The molecule has 0 aliphatic carbocycles. The van der Waals surface area contributed by atoms with Crippen molar-refractivity contribution >= 4 is 15.9 Å². The molecular weight excluding hydrogens is 316 g/mol. The minimum absolute atomic E-state index is 0.462. The van der Waals surface area contributed by atoms with E-state index in [1.54, 1.807) is 30.3 Å². The van der Waals surface area contributed by atoms with E-state index in [9.17, 15) is 8.42 Å². The summed E-state index contributed by atoms with van der Waals surface area (Å²) < 4.78 is 32.7. The molecule has 0 saturated carbocycles. The molecule has 0 aliphatic heterocycles. The Labute approximate surface area is 136 Å². The molecule has 0 aliphatic rings. The first-order chi connectivity index (χ1) is 10.9. The van der Waals surface area contributed by atoms with E-state index in [0.29, 0.717) is 23.9 Å². The summed E-state index contributed by atoms with van der Waals surface area (Å²) in [5, 5.41) is 8.12. The molecule has 1 aromatic heterocycles. The van der Waals surface area contributed by atoms with Crippen molar-refractivity contribution in [2.24, 2.45) is 0 Å². The molecule has 0 bridgehead atoms. The van der Waals surface area contributed by atoms with E-state index in [4.69, 9.17) is 4.74 Å². The van der Waals surface area contributed by atoms with Crippen molar-refractivity contribution in [3.8, 4) is 17.1 Å². The van der Waals surface area contributed by atoms with Crippen molar-refractivity contribution in [3.63, 3.8) is 0 Å². The number of nitrogens with zero attached hydrogens (tertiary/aromatic N) is 3. The molecule has 0 fully saturated rings. The molecule has 0 radical (unpaired) electrons. The standard InChI is InChI=1S/C15H20N4O3S/c1-4-10-22-15-9-8-14(16-17-15)12-6-5-7-13(11-12)18-23(20,21)19(2)3/h5-9,11,18H,4,10H2,1-3H3. The number of benzene rings is 1. The van der Waals surface area contributed by atoms with Crippen molar-refractivity contribution in [1.29, 1.82) is 0 Å². The fraction of sp³-hybridized carbons (Fsp3) is 0.333. The van der Waals surface area contributed by atoms with Crippen molar-refractivity contribution in [1.82, 2.24) is 14.5 Å². The number of nitrogens with one attached hydrogen (secondary N) is 1. The van der Waals surface area contributed by atoms with Gasteiger partial charge in [-0.2, -0.15) is 12.7 Å². The molecule has 1 aromatic carbocycles. The van der Waals surface area contributed by atoms with Gasteiger partial charge in [-0.05, 0) is 24.6 Å². The number of hydrogen-bond acceptors (Lipinski definition) is 5. The molecule has 23 heavy (non-hydrogen) atoms. The monoisotopic (exact) mass is 336 g/mol. The lowest BCUT2D eigenvalue weighted by atomic mass is 10.1. The van der Waals surface area contributed by atoms with Gasteiger partial charge in [-0.3, -0.25) is 4.72 Å². The number of rotatable bonds is 7. The summed E-state index contributed by atoms with van der Waals surface area (Å²) in [7, 11) is -0.610. The van der Waals surface area contributed by atoms with Crippen LogP contribution in [0.3, 0.4) is 0 Å². The van der Waals surface area contributed by atoms with Crippen molar-refractivity contribution in [2.75, 3.05) is 25.4 Å². The fourth-order valence-corrected chi connectivity index (χ4v) is 2.35. The van der Waals surface area contributed by atoms with E-state index in [-0.39, 0.29) is 0 Å². The van der Waals surface area contributed by atoms with Crippen LogP contribution in [-0.2, 0) is 10.2 Å².